The van der Waals surface area contributed by atoms with E-state index in [0.29, 0.717) is 35.2 Å². The van der Waals surface area contributed by atoms with E-state index in [-0.39, 0.29) is 4.90 Å². The molecule has 138 valence electrons. The first-order valence-electron chi connectivity index (χ1n) is 8.02. The molecule has 1 aliphatic rings. The van der Waals surface area contributed by atoms with Gasteiger partial charge in [0.05, 0.1) is 4.90 Å². The molecule has 0 bridgehead atoms. The third-order valence-electron chi connectivity index (χ3n) is 4.23. The summed E-state index contributed by atoms with van der Waals surface area (Å²) in [6.45, 7) is 0.393. The van der Waals surface area contributed by atoms with Crippen LogP contribution in [0.2, 0.25) is 10.0 Å². The molecule has 0 radical (unpaired) electrons. The maximum Gasteiger partial charge on any atom is 0.241 e. The van der Waals surface area contributed by atoms with Crippen LogP contribution in [0, 0.1) is 0 Å². The Morgan fingerprint density at radius 2 is 1.54 bits per heavy atom. The Labute approximate surface area is 167 Å². The maximum atomic E-state index is 12.8. The molecule has 0 aromatic heterocycles. The van der Waals surface area contributed by atoms with Crippen molar-refractivity contribution in [3.8, 4) is 0 Å². The second kappa shape index (κ2) is 7.80. The van der Waals surface area contributed by atoms with Crippen molar-refractivity contribution in [2.24, 2.45) is 0 Å². The van der Waals surface area contributed by atoms with Crippen molar-refractivity contribution >= 4 is 50.7 Å². The molecule has 1 saturated carbocycles. The fraction of sp³-hybridized carbons (Fsp3) is 0.278. The van der Waals surface area contributed by atoms with E-state index in [1.165, 1.54) is 24.3 Å². The van der Waals surface area contributed by atoms with E-state index in [9.17, 15) is 13.2 Å². The van der Waals surface area contributed by atoms with Crippen molar-refractivity contribution in [3.05, 3.63) is 58.6 Å². The van der Waals surface area contributed by atoms with Gasteiger partial charge in [0.2, 0.25) is 5.91 Å². The molecule has 4 nitrogen and oxygen atoms in total. The van der Waals surface area contributed by atoms with Gasteiger partial charge in [-0.1, -0.05) is 23.2 Å². The van der Waals surface area contributed by atoms with E-state index in [1.807, 2.05) is 12.1 Å². The zero-order valence-corrected chi connectivity index (χ0v) is 16.9. The standard InChI is InChI=1S/C18H17Cl2NO3S2/c19-13-1-5-15(6-2-13)25-12-11-21-17(22)18(9-10-18)26(23,24)16-7-3-14(20)4-8-16/h1-8H,9-12H2,(H,21,22). The lowest BCUT2D eigenvalue weighted by atomic mass is 10.4. The number of sulfone groups is 1. The van der Waals surface area contributed by atoms with Crippen LogP contribution in [-0.4, -0.2) is 31.4 Å². The molecule has 0 unspecified atom stereocenters. The van der Waals surface area contributed by atoms with E-state index in [2.05, 4.69) is 5.32 Å². The van der Waals surface area contributed by atoms with E-state index >= 15 is 0 Å². The van der Waals surface area contributed by atoms with Gasteiger partial charge in [-0.15, -0.1) is 11.8 Å². The summed E-state index contributed by atoms with van der Waals surface area (Å²) in [5, 5.41) is 3.89. The first-order chi connectivity index (χ1) is 12.3. The van der Waals surface area contributed by atoms with E-state index in [0.717, 1.165) is 4.90 Å². The number of hydrogen-bond acceptors (Lipinski definition) is 4. The summed E-state index contributed by atoms with van der Waals surface area (Å²) in [5.41, 5.74) is 0. The number of thioether (sulfide) groups is 1. The van der Waals surface area contributed by atoms with Crippen molar-refractivity contribution in [2.75, 3.05) is 12.3 Å². The highest BCUT2D eigenvalue weighted by Crippen LogP contribution is 2.47. The average Bonchev–Trinajstić information content (AvgIpc) is 3.43. The summed E-state index contributed by atoms with van der Waals surface area (Å²) in [7, 11) is -3.73. The van der Waals surface area contributed by atoms with Crippen LogP contribution >= 0.6 is 35.0 Å². The van der Waals surface area contributed by atoms with Crippen LogP contribution in [0.25, 0.3) is 0 Å². The lowest BCUT2D eigenvalue weighted by molar-refractivity contribution is -0.121. The van der Waals surface area contributed by atoms with Gasteiger partial charge in [-0.25, -0.2) is 8.42 Å². The van der Waals surface area contributed by atoms with Crippen molar-refractivity contribution in [3.63, 3.8) is 0 Å². The van der Waals surface area contributed by atoms with E-state index in [1.54, 1.807) is 23.9 Å². The number of hydrogen-bond donors (Lipinski definition) is 1. The van der Waals surface area contributed by atoms with Gasteiger partial charge in [0.15, 0.2) is 14.6 Å². The van der Waals surface area contributed by atoms with Gasteiger partial charge in [0.25, 0.3) is 0 Å². The van der Waals surface area contributed by atoms with Crippen LogP contribution < -0.4 is 5.32 Å². The van der Waals surface area contributed by atoms with Crippen molar-refractivity contribution in [1.29, 1.82) is 0 Å². The van der Waals surface area contributed by atoms with Gasteiger partial charge < -0.3 is 5.32 Å². The van der Waals surface area contributed by atoms with Gasteiger partial charge in [-0.05, 0) is 61.4 Å². The Bertz CT molecular complexity index is 893. The molecular weight excluding hydrogens is 413 g/mol. The SMILES string of the molecule is O=C(NCCSc1ccc(Cl)cc1)C1(S(=O)(=O)c2ccc(Cl)cc2)CC1. The molecule has 0 saturated heterocycles. The van der Waals surface area contributed by atoms with Gasteiger partial charge in [-0.2, -0.15) is 0 Å². The Balaban J connectivity index is 1.58. The van der Waals surface area contributed by atoms with Crippen LogP contribution in [-0.2, 0) is 14.6 Å². The van der Waals surface area contributed by atoms with Crippen LogP contribution in [0.5, 0.6) is 0 Å². The molecule has 1 N–H and O–H groups in total. The summed E-state index contributed by atoms with van der Waals surface area (Å²) in [4.78, 5) is 13.7. The topological polar surface area (TPSA) is 63.2 Å². The second-order valence-electron chi connectivity index (χ2n) is 6.01. The lowest BCUT2D eigenvalue weighted by Gasteiger charge is -2.16. The normalized spacial score (nSPS) is 15.5. The number of benzene rings is 2. The second-order valence-corrected chi connectivity index (χ2v) is 10.3. The molecule has 2 aromatic rings. The third kappa shape index (κ3) is 4.03. The van der Waals surface area contributed by atoms with Crippen molar-refractivity contribution < 1.29 is 13.2 Å². The highest BCUT2D eigenvalue weighted by atomic mass is 35.5. The first kappa shape index (κ1) is 19.5. The quantitative estimate of drug-likeness (QED) is 0.528. The number of rotatable bonds is 7. The van der Waals surface area contributed by atoms with Crippen LogP contribution in [0.3, 0.4) is 0 Å². The van der Waals surface area contributed by atoms with Gasteiger partial charge >= 0.3 is 0 Å². The molecule has 8 heteroatoms. The fourth-order valence-electron chi connectivity index (χ4n) is 2.60. The number of carbonyl (C=O) groups is 1. The Hall–Kier alpha value is -1.21. The van der Waals surface area contributed by atoms with Crippen LogP contribution in [0.1, 0.15) is 12.8 Å². The molecule has 0 atom stereocenters. The minimum absolute atomic E-state index is 0.130. The van der Waals surface area contributed by atoms with Gasteiger partial charge in [0.1, 0.15) is 0 Å². The summed E-state index contributed by atoms with van der Waals surface area (Å²) in [6, 6.07) is 13.4. The highest BCUT2D eigenvalue weighted by Gasteiger charge is 2.61. The monoisotopic (exact) mass is 429 g/mol. The minimum atomic E-state index is -3.73. The van der Waals surface area contributed by atoms with E-state index < -0.39 is 20.5 Å². The molecular formula is C18H17Cl2NO3S2. The Morgan fingerprint density at radius 3 is 2.08 bits per heavy atom. The number of nitrogens with one attached hydrogen (secondary N) is 1. The molecule has 0 spiro atoms. The molecule has 0 heterocycles. The number of amides is 1. The predicted octanol–water partition coefficient (Wildman–Crippen LogP) is 4.21. The van der Waals surface area contributed by atoms with Crippen LogP contribution in [0.4, 0.5) is 0 Å². The summed E-state index contributed by atoms with van der Waals surface area (Å²) in [6.07, 6.45) is 0.683. The zero-order valence-electron chi connectivity index (χ0n) is 13.7. The summed E-state index contributed by atoms with van der Waals surface area (Å²) in [5.74, 6) is 0.217. The van der Waals surface area contributed by atoms with Crippen molar-refractivity contribution in [1.82, 2.24) is 5.32 Å². The number of halogens is 2. The highest BCUT2D eigenvalue weighted by molar-refractivity contribution is 7.99. The largest absolute Gasteiger partial charge is 0.354 e. The molecule has 1 amide bonds. The molecule has 3 rings (SSSR count). The summed E-state index contributed by atoms with van der Waals surface area (Å²) < 4.78 is 24.3. The zero-order chi connectivity index (χ0) is 18.8. The summed E-state index contributed by atoms with van der Waals surface area (Å²) >= 11 is 13.2. The van der Waals surface area contributed by atoms with Gasteiger partial charge in [-0.3, -0.25) is 4.79 Å². The third-order valence-corrected chi connectivity index (χ3v) is 8.26. The molecule has 2 aromatic carbocycles. The first-order valence-corrected chi connectivity index (χ1v) is 11.2. The van der Waals surface area contributed by atoms with Crippen LogP contribution in [0.15, 0.2) is 58.3 Å². The van der Waals surface area contributed by atoms with Gasteiger partial charge in [0, 0.05) is 27.2 Å². The average molecular weight is 430 g/mol. The Morgan fingerprint density at radius 1 is 1.00 bits per heavy atom. The molecule has 0 aliphatic heterocycles. The predicted molar refractivity (Wildman–Crippen MR) is 106 cm³/mol. The van der Waals surface area contributed by atoms with E-state index in [4.69, 9.17) is 23.2 Å². The Kier molecular flexibility index (Phi) is 5.87. The smallest absolute Gasteiger partial charge is 0.241 e. The van der Waals surface area contributed by atoms with Crippen molar-refractivity contribution in [2.45, 2.75) is 27.4 Å². The fourth-order valence-corrected chi connectivity index (χ4v) is 5.52. The molecule has 1 fully saturated rings. The lowest BCUT2D eigenvalue weighted by Crippen LogP contribution is -2.42. The molecule has 1 aliphatic carbocycles. The molecule has 26 heavy (non-hydrogen) atoms. The minimum Gasteiger partial charge on any atom is -0.354 e. The number of carbonyl (C=O) groups excluding carboxylic acids is 1. The maximum absolute atomic E-state index is 12.8.